The van der Waals surface area contributed by atoms with Crippen LogP contribution in [-0.2, 0) is 0 Å². The van der Waals surface area contributed by atoms with E-state index in [0.29, 0.717) is 11.1 Å². The van der Waals surface area contributed by atoms with E-state index in [4.69, 9.17) is 11.6 Å². The molecule has 1 fully saturated rings. The highest BCUT2D eigenvalue weighted by Gasteiger charge is 2.20. The number of aryl methyl sites for hydroxylation is 1. The summed E-state index contributed by atoms with van der Waals surface area (Å²) in [6, 6.07) is 6.39. The van der Waals surface area contributed by atoms with E-state index in [0.717, 1.165) is 42.5 Å². The van der Waals surface area contributed by atoms with Gasteiger partial charge < -0.3 is 10.2 Å². The normalized spacial score (nSPS) is 19.4. The molecule has 1 aliphatic rings. The van der Waals surface area contributed by atoms with Gasteiger partial charge in [-0.2, -0.15) is 4.98 Å². The van der Waals surface area contributed by atoms with Crippen LogP contribution in [0.5, 0.6) is 0 Å². The fraction of sp³-hybridized carbons (Fsp3) is 0.429. The topological polar surface area (TPSA) is 56.8 Å². The minimum Gasteiger partial charge on any atom is -0.337 e. The van der Waals surface area contributed by atoms with Crippen LogP contribution in [0, 0.1) is 6.92 Å². The van der Waals surface area contributed by atoms with E-state index in [-0.39, 0.29) is 0 Å². The first-order valence-electron chi connectivity index (χ1n) is 6.81. The Morgan fingerprint density at radius 2 is 2.25 bits per heavy atom. The van der Waals surface area contributed by atoms with Crippen molar-refractivity contribution in [1.29, 1.82) is 0 Å². The lowest BCUT2D eigenvalue weighted by molar-refractivity contribution is 0.480. The quantitative estimate of drug-likeness (QED) is 0.891. The number of aromatic amines is 1. The van der Waals surface area contributed by atoms with Crippen molar-refractivity contribution in [1.82, 2.24) is 20.5 Å². The molecular formula is C14H18ClN5. The van der Waals surface area contributed by atoms with E-state index in [1.807, 2.05) is 25.1 Å². The summed E-state index contributed by atoms with van der Waals surface area (Å²) in [5.74, 6) is 1.46. The second-order valence-corrected chi connectivity index (χ2v) is 5.68. The number of rotatable bonds is 2. The number of aromatic nitrogens is 3. The number of anilines is 1. The molecule has 0 radical (unpaired) electrons. The van der Waals surface area contributed by atoms with Gasteiger partial charge in [-0.05, 0) is 31.5 Å². The van der Waals surface area contributed by atoms with Crippen molar-refractivity contribution < 1.29 is 0 Å². The Hall–Kier alpha value is -1.59. The minimum absolute atomic E-state index is 0.452. The Bertz CT molecular complexity index is 609. The van der Waals surface area contributed by atoms with Crippen molar-refractivity contribution in [2.45, 2.75) is 19.9 Å². The van der Waals surface area contributed by atoms with Crippen LogP contribution in [0.4, 0.5) is 5.95 Å². The lowest BCUT2D eigenvalue weighted by Crippen LogP contribution is -2.49. The fourth-order valence-electron chi connectivity index (χ4n) is 2.44. The standard InChI is InChI=1S/C14H18ClN5/c1-9-3-4-11(12(15)7-9)13-17-14(19-18-13)20-6-5-16-10(2)8-20/h3-4,7,10,16H,5-6,8H2,1-2H3,(H,17,18,19). The van der Waals surface area contributed by atoms with Crippen LogP contribution in [0.2, 0.25) is 5.02 Å². The van der Waals surface area contributed by atoms with Crippen LogP contribution >= 0.6 is 11.6 Å². The number of piperazine rings is 1. The predicted molar refractivity (Wildman–Crippen MR) is 81.2 cm³/mol. The molecule has 0 saturated carbocycles. The number of halogens is 1. The maximum atomic E-state index is 6.27. The van der Waals surface area contributed by atoms with Crippen LogP contribution in [0.15, 0.2) is 18.2 Å². The molecule has 20 heavy (non-hydrogen) atoms. The Morgan fingerprint density at radius 1 is 1.40 bits per heavy atom. The monoisotopic (exact) mass is 291 g/mol. The van der Waals surface area contributed by atoms with Crippen molar-refractivity contribution in [3.63, 3.8) is 0 Å². The molecule has 1 saturated heterocycles. The summed E-state index contributed by atoms with van der Waals surface area (Å²) in [7, 11) is 0. The van der Waals surface area contributed by atoms with Crippen LogP contribution in [-0.4, -0.2) is 40.9 Å². The molecule has 6 heteroatoms. The lowest BCUT2D eigenvalue weighted by Gasteiger charge is -2.30. The van der Waals surface area contributed by atoms with Gasteiger partial charge in [-0.1, -0.05) is 17.7 Å². The van der Waals surface area contributed by atoms with Crippen molar-refractivity contribution in [3.8, 4) is 11.4 Å². The zero-order valence-electron chi connectivity index (χ0n) is 11.7. The van der Waals surface area contributed by atoms with E-state index in [2.05, 4.69) is 32.3 Å². The maximum absolute atomic E-state index is 6.27. The maximum Gasteiger partial charge on any atom is 0.245 e. The second-order valence-electron chi connectivity index (χ2n) is 5.27. The molecule has 0 spiro atoms. The van der Waals surface area contributed by atoms with Gasteiger partial charge in [-0.15, -0.1) is 5.10 Å². The largest absolute Gasteiger partial charge is 0.337 e. The van der Waals surface area contributed by atoms with Gasteiger partial charge >= 0.3 is 0 Å². The molecule has 5 nitrogen and oxygen atoms in total. The number of benzene rings is 1. The second kappa shape index (κ2) is 5.42. The minimum atomic E-state index is 0.452. The van der Waals surface area contributed by atoms with Gasteiger partial charge in [-0.3, -0.25) is 5.10 Å². The molecular weight excluding hydrogens is 274 g/mol. The first-order chi connectivity index (χ1) is 9.63. The molecule has 0 aliphatic carbocycles. The number of H-pyrrole nitrogens is 1. The Morgan fingerprint density at radius 3 is 3.00 bits per heavy atom. The van der Waals surface area contributed by atoms with E-state index >= 15 is 0 Å². The molecule has 0 amide bonds. The zero-order chi connectivity index (χ0) is 14.1. The number of nitrogens with one attached hydrogen (secondary N) is 2. The molecule has 2 heterocycles. The smallest absolute Gasteiger partial charge is 0.245 e. The van der Waals surface area contributed by atoms with Gasteiger partial charge in [0.15, 0.2) is 5.82 Å². The molecule has 1 aliphatic heterocycles. The van der Waals surface area contributed by atoms with Crippen molar-refractivity contribution in [3.05, 3.63) is 28.8 Å². The van der Waals surface area contributed by atoms with Crippen LogP contribution in [0.25, 0.3) is 11.4 Å². The molecule has 1 atom stereocenters. The van der Waals surface area contributed by atoms with Crippen LogP contribution in [0.3, 0.4) is 0 Å². The average Bonchev–Trinajstić information content (AvgIpc) is 2.88. The van der Waals surface area contributed by atoms with Crippen molar-refractivity contribution in [2.24, 2.45) is 0 Å². The lowest BCUT2D eigenvalue weighted by atomic mass is 10.1. The number of nitrogens with zero attached hydrogens (tertiary/aromatic N) is 3. The predicted octanol–water partition coefficient (Wildman–Crippen LogP) is 2.23. The third-order valence-electron chi connectivity index (χ3n) is 3.50. The highest BCUT2D eigenvalue weighted by Crippen LogP contribution is 2.27. The Kier molecular flexibility index (Phi) is 3.63. The zero-order valence-corrected chi connectivity index (χ0v) is 12.4. The third kappa shape index (κ3) is 2.64. The fourth-order valence-corrected chi connectivity index (χ4v) is 2.77. The van der Waals surface area contributed by atoms with Crippen LogP contribution in [0.1, 0.15) is 12.5 Å². The van der Waals surface area contributed by atoms with E-state index in [9.17, 15) is 0 Å². The highest BCUT2D eigenvalue weighted by atomic mass is 35.5. The summed E-state index contributed by atoms with van der Waals surface area (Å²) in [5, 5.41) is 11.4. The average molecular weight is 292 g/mol. The van der Waals surface area contributed by atoms with Gasteiger partial charge in [0, 0.05) is 31.2 Å². The van der Waals surface area contributed by atoms with Crippen LogP contribution < -0.4 is 10.2 Å². The molecule has 106 valence electrons. The molecule has 1 aromatic carbocycles. The molecule has 2 N–H and O–H groups in total. The molecule has 2 aromatic rings. The first kappa shape index (κ1) is 13.4. The Labute approximate surface area is 123 Å². The molecule has 1 unspecified atom stereocenters. The van der Waals surface area contributed by atoms with Gasteiger partial charge in [0.05, 0.1) is 5.02 Å². The third-order valence-corrected chi connectivity index (χ3v) is 3.82. The van der Waals surface area contributed by atoms with Crippen molar-refractivity contribution in [2.75, 3.05) is 24.5 Å². The number of hydrogen-bond donors (Lipinski definition) is 2. The summed E-state index contributed by atoms with van der Waals surface area (Å²) in [5.41, 5.74) is 2.02. The summed E-state index contributed by atoms with van der Waals surface area (Å²) in [4.78, 5) is 6.76. The molecule has 3 rings (SSSR count). The van der Waals surface area contributed by atoms with Crippen molar-refractivity contribution >= 4 is 17.5 Å². The van der Waals surface area contributed by atoms with Gasteiger partial charge in [-0.25, -0.2) is 0 Å². The van der Waals surface area contributed by atoms with Gasteiger partial charge in [0.2, 0.25) is 5.95 Å². The van der Waals surface area contributed by atoms with Gasteiger partial charge in [0.25, 0.3) is 0 Å². The summed E-state index contributed by atoms with van der Waals surface area (Å²) in [6.45, 7) is 6.97. The summed E-state index contributed by atoms with van der Waals surface area (Å²) < 4.78 is 0. The Balaban J connectivity index is 1.86. The first-order valence-corrected chi connectivity index (χ1v) is 7.18. The summed E-state index contributed by atoms with van der Waals surface area (Å²) >= 11 is 6.27. The van der Waals surface area contributed by atoms with E-state index < -0.39 is 0 Å². The highest BCUT2D eigenvalue weighted by molar-refractivity contribution is 6.33. The van der Waals surface area contributed by atoms with E-state index in [1.54, 1.807) is 0 Å². The summed E-state index contributed by atoms with van der Waals surface area (Å²) in [6.07, 6.45) is 0. The van der Waals surface area contributed by atoms with E-state index in [1.165, 1.54) is 0 Å². The SMILES string of the molecule is Cc1ccc(-c2nc(N3CCNC(C)C3)n[nH]2)c(Cl)c1. The number of hydrogen-bond acceptors (Lipinski definition) is 4. The molecule has 1 aromatic heterocycles. The molecule has 0 bridgehead atoms. The van der Waals surface area contributed by atoms with Gasteiger partial charge in [0.1, 0.15) is 0 Å².